The Kier molecular flexibility index (Phi) is 3.70. The van der Waals surface area contributed by atoms with E-state index in [1.165, 1.54) is 11.6 Å². The van der Waals surface area contributed by atoms with E-state index < -0.39 is 0 Å². The van der Waals surface area contributed by atoms with Gasteiger partial charge in [-0.1, -0.05) is 13.8 Å². The van der Waals surface area contributed by atoms with E-state index in [1.54, 1.807) is 11.3 Å². The highest BCUT2D eigenvalue weighted by Gasteiger charge is 2.30. The number of hydrogen-bond donors (Lipinski definition) is 1. The number of thiazole rings is 1. The van der Waals surface area contributed by atoms with Crippen molar-refractivity contribution in [2.75, 3.05) is 18.0 Å². The smallest absolute Gasteiger partial charge is 0.185 e. The summed E-state index contributed by atoms with van der Waals surface area (Å²) >= 11 is 1.77. The fourth-order valence-electron chi connectivity index (χ4n) is 2.15. The topological polar surface area (TPSA) is 28.2 Å². The highest BCUT2D eigenvalue weighted by molar-refractivity contribution is 7.13. The van der Waals surface area contributed by atoms with Gasteiger partial charge in [0.1, 0.15) is 0 Å². The Balaban J connectivity index is 1.95. The van der Waals surface area contributed by atoms with E-state index in [1.807, 2.05) is 0 Å². The van der Waals surface area contributed by atoms with Crippen LogP contribution in [0.25, 0.3) is 0 Å². The zero-order valence-electron chi connectivity index (χ0n) is 12.2. The highest BCUT2D eigenvalue weighted by atomic mass is 32.1. The maximum absolute atomic E-state index is 4.74. The Labute approximate surface area is 115 Å². The van der Waals surface area contributed by atoms with Crippen LogP contribution >= 0.6 is 11.3 Å². The molecule has 0 spiro atoms. The predicted octanol–water partition coefficient (Wildman–Crippen LogP) is 3.27. The lowest BCUT2D eigenvalue weighted by molar-refractivity contribution is 0.418. The molecule has 18 heavy (non-hydrogen) atoms. The quantitative estimate of drug-likeness (QED) is 0.911. The molecule has 0 aliphatic carbocycles. The van der Waals surface area contributed by atoms with Crippen molar-refractivity contribution >= 4 is 16.5 Å². The molecule has 0 atom stereocenters. The molecule has 2 rings (SSSR count). The summed E-state index contributed by atoms with van der Waals surface area (Å²) in [5.41, 5.74) is 1.75. The third-order valence-electron chi connectivity index (χ3n) is 3.29. The van der Waals surface area contributed by atoms with Crippen LogP contribution < -0.4 is 10.2 Å². The summed E-state index contributed by atoms with van der Waals surface area (Å²) in [6, 6.07) is 0. The molecule has 1 aliphatic rings. The summed E-state index contributed by atoms with van der Waals surface area (Å²) in [5.74, 6) is 0. The number of nitrogens with one attached hydrogen (secondary N) is 1. The third kappa shape index (κ3) is 3.69. The molecule has 1 fully saturated rings. The Morgan fingerprint density at radius 2 is 2.17 bits per heavy atom. The number of hydrogen-bond acceptors (Lipinski definition) is 4. The standard InChI is InChI=1S/C14H25N3S/c1-13(2,3)15-8-11-9-18-12(16-11)17-7-6-14(4,5)10-17/h9,15H,6-8,10H2,1-5H3. The lowest BCUT2D eigenvalue weighted by atomic mass is 9.93. The van der Waals surface area contributed by atoms with E-state index in [0.29, 0.717) is 5.41 Å². The first-order chi connectivity index (χ1) is 8.25. The van der Waals surface area contributed by atoms with Crippen molar-refractivity contribution in [1.29, 1.82) is 0 Å². The monoisotopic (exact) mass is 267 g/mol. The summed E-state index contributed by atoms with van der Waals surface area (Å²) in [4.78, 5) is 7.16. The van der Waals surface area contributed by atoms with Gasteiger partial charge in [-0.25, -0.2) is 4.98 Å². The Morgan fingerprint density at radius 1 is 1.44 bits per heavy atom. The van der Waals surface area contributed by atoms with Gasteiger partial charge >= 0.3 is 0 Å². The Morgan fingerprint density at radius 3 is 2.72 bits per heavy atom. The molecule has 1 N–H and O–H groups in total. The largest absolute Gasteiger partial charge is 0.348 e. The van der Waals surface area contributed by atoms with Gasteiger partial charge in [0.25, 0.3) is 0 Å². The van der Waals surface area contributed by atoms with Crippen LogP contribution in [0.15, 0.2) is 5.38 Å². The van der Waals surface area contributed by atoms with Crippen LogP contribution in [0.1, 0.15) is 46.7 Å². The highest BCUT2D eigenvalue weighted by Crippen LogP contribution is 2.33. The van der Waals surface area contributed by atoms with E-state index in [9.17, 15) is 0 Å². The minimum Gasteiger partial charge on any atom is -0.348 e. The SMILES string of the molecule is CC1(C)CCN(c2nc(CNC(C)(C)C)cs2)C1. The van der Waals surface area contributed by atoms with E-state index >= 15 is 0 Å². The molecule has 1 saturated heterocycles. The zero-order valence-corrected chi connectivity index (χ0v) is 13.0. The zero-order chi connectivity index (χ0) is 13.4. The lowest BCUT2D eigenvalue weighted by Crippen LogP contribution is -2.35. The van der Waals surface area contributed by atoms with Gasteiger partial charge in [-0.2, -0.15) is 0 Å². The minimum absolute atomic E-state index is 0.152. The van der Waals surface area contributed by atoms with E-state index in [4.69, 9.17) is 4.98 Å². The first-order valence-electron chi connectivity index (χ1n) is 6.70. The minimum atomic E-state index is 0.152. The number of nitrogens with zero attached hydrogens (tertiary/aromatic N) is 2. The van der Waals surface area contributed by atoms with Crippen molar-refractivity contribution in [3.05, 3.63) is 11.1 Å². The number of anilines is 1. The fourth-order valence-corrected chi connectivity index (χ4v) is 3.01. The number of aromatic nitrogens is 1. The average Bonchev–Trinajstić information content (AvgIpc) is 2.80. The van der Waals surface area contributed by atoms with E-state index in [-0.39, 0.29) is 5.54 Å². The van der Waals surface area contributed by atoms with Crippen molar-refractivity contribution < 1.29 is 0 Å². The predicted molar refractivity (Wildman–Crippen MR) is 79.3 cm³/mol. The van der Waals surface area contributed by atoms with Gasteiger partial charge in [-0.3, -0.25) is 0 Å². The second-order valence-electron chi connectivity index (χ2n) is 7.06. The first kappa shape index (κ1) is 13.8. The van der Waals surface area contributed by atoms with Crippen LogP contribution in [0.4, 0.5) is 5.13 Å². The molecular formula is C14H25N3S. The fraction of sp³-hybridized carbons (Fsp3) is 0.786. The van der Waals surface area contributed by atoms with Crippen LogP contribution in [-0.4, -0.2) is 23.6 Å². The second kappa shape index (κ2) is 4.82. The van der Waals surface area contributed by atoms with Crippen LogP contribution in [0.5, 0.6) is 0 Å². The van der Waals surface area contributed by atoms with Crippen LogP contribution in [0.3, 0.4) is 0 Å². The van der Waals surface area contributed by atoms with Crippen LogP contribution in [0.2, 0.25) is 0 Å². The van der Waals surface area contributed by atoms with Crippen LogP contribution in [-0.2, 0) is 6.54 Å². The van der Waals surface area contributed by atoms with Crippen molar-refractivity contribution in [2.24, 2.45) is 5.41 Å². The maximum Gasteiger partial charge on any atom is 0.185 e. The molecule has 3 nitrogen and oxygen atoms in total. The van der Waals surface area contributed by atoms with Crippen molar-refractivity contribution in [3.8, 4) is 0 Å². The van der Waals surface area contributed by atoms with Gasteiger partial charge in [0.15, 0.2) is 5.13 Å². The summed E-state index contributed by atoms with van der Waals surface area (Å²) in [5, 5.41) is 6.85. The summed E-state index contributed by atoms with van der Waals surface area (Å²) in [7, 11) is 0. The van der Waals surface area contributed by atoms with Crippen LogP contribution in [0, 0.1) is 5.41 Å². The van der Waals surface area contributed by atoms with Gasteiger partial charge in [0.2, 0.25) is 0 Å². The number of rotatable bonds is 3. The third-order valence-corrected chi connectivity index (χ3v) is 4.24. The summed E-state index contributed by atoms with van der Waals surface area (Å²) < 4.78 is 0. The Hall–Kier alpha value is -0.610. The van der Waals surface area contributed by atoms with E-state index in [2.05, 4.69) is 50.2 Å². The second-order valence-corrected chi connectivity index (χ2v) is 7.90. The molecule has 1 aromatic heterocycles. The van der Waals surface area contributed by atoms with Crippen molar-refractivity contribution in [1.82, 2.24) is 10.3 Å². The molecule has 0 bridgehead atoms. The normalized spacial score (nSPS) is 19.5. The Bertz CT molecular complexity index is 403. The average molecular weight is 267 g/mol. The molecule has 102 valence electrons. The molecular weight excluding hydrogens is 242 g/mol. The summed E-state index contributed by atoms with van der Waals surface area (Å²) in [6.45, 7) is 14.4. The van der Waals surface area contributed by atoms with Gasteiger partial charge in [0.05, 0.1) is 5.69 Å². The summed E-state index contributed by atoms with van der Waals surface area (Å²) in [6.07, 6.45) is 1.27. The van der Waals surface area contributed by atoms with Gasteiger partial charge in [-0.15, -0.1) is 11.3 Å². The van der Waals surface area contributed by atoms with Crippen molar-refractivity contribution in [2.45, 2.75) is 53.1 Å². The maximum atomic E-state index is 4.74. The molecule has 0 radical (unpaired) electrons. The molecule has 2 heterocycles. The molecule has 1 aliphatic heterocycles. The van der Waals surface area contributed by atoms with E-state index in [0.717, 1.165) is 25.3 Å². The van der Waals surface area contributed by atoms with Gasteiger partial charge < -0.3 is 10.2 Å². The molecule has 0 aromatic carbocycles. The van der Waals surface area contributed by atoms with Crippen molar-refractivity contribution in [3.63, 3.8) is 0 Å². The lowest BCUT2D eigenvalue weighted by Gasteiger charge is -2.20. The molecule has 4 heteroatoms. The first-order valence-corrected chi connectivity index (χ1v) is 7.58. The van der Waals surface area contributed by atoms with Gasteiger partial charge in [0, 0.05) is 30.6 Å². The van der Waals surface area contributed by atoms with Gasteiger partial charge in [-0.05, 0) is 32.6 Å². The molecule has 0 saturated carbocycles. The molecule has 1 aromatic rings. The molecule has 0 unspecified atom stereocenters. The molecule has 0 amide bonds.